The number of fused-ring (bicyclic) bond motifs is 3. The fraction of sp³-hybridized carbons (Fsp3) is 0.236. The van der Waals surface area contributed by atoms with Crippen LogP contribution in [-0.2, 0) is 65.0 Å². The van der Waals surface area contributed by atoms with E-state index in [0.29, 0.717) is 23.5 Å². The van der Waals surface area contributed by atoms with Gasteiger partial charge in [0.1, 0.15) is 0 Å². The molecular formula is C55H52Cl6Zr-2. The third-order valence-corrected chi connectivity index (χ3v) is 13.3. The molecule has 62 heavy (non-hydrogen) atoms. The summed E-state index contributed by atoms with van der Waals surface area (Å²) in [7, 11) is 0. The van der Waals surface area contributed by atoms with Crippen LogP contribution in [0, 0.1) is 6.07 Å². The number of hydrogen-bond donors (Lipinski definition) is 0. The van der Waals surface area contributed by atoms with E-state index in [9.17, 15) is 0 Å². The number of benzene rings is 6. The van der Waals surface area contributed by atoms with Crippen LogP contribution in [0.5, 0.6) is 0 Å². The maximum absolute atomic E-state index is 5.99. The second kappa shape index (κ2) is 23.4. The van der Waals surface area contributed by atoms with E-state index in [-0.39, 0.29) is 35.6 Å². The van der Waals surface area contributed by atoms with Crippen LogP contribution in [0.2, 0.25) is 0 Å². The van der Waals surface area contributed by atoms with E-state index in [1.807, 2.05) is 42.5 Å². The van der Waals surface area contributed by atoms with Gasteiger partial charge in [0.2, 0.25) is 0 Å². The number of hydrogen-bond acceptors (Lipinski definition) is 0. The summed E-state index contributed by atoms with van der Waals surface area (Å²) in [5.74, 6) is 1.93. The molecule has 0 saturated heterocycles. The normalized spacial score (nSPS) is 11.4. The monoisotopic (exact) mass is 1010 g/mol. The first-order valence-corrected chi connectivity index (χ1v) is 23.7. The van der Waals surface area contributed by atoms with Crippen molar-refractivity contribution >= 4 is 49.6 Å². The Labute approximate surface area is 417 Å². The molecule has 7 heteroatoms. The van der Waals surface area contributed by atoms with Crippen LogP contribution in [0.25, 0.3) is 33.4 Å². The molecule has 0 unspecified atom stereocenters. The van der Waals surface area contributed by atoms with Crippen LogP contribution in [-0.4, -0.2) is 3.21 Å². The Bertz CT molecular complexity index is 2300. The molecule has 0 atom stereocenters. The Hall–Kier alpha value is -2.84. The van der Waals surface area contributed by atoms with Crippen molar-refractivity contribution < 1.29 is 49.0 Å². The quantitative estimate of drug-likeness (QED) is 0.105. The Balaban J connectivity index is 0.000000252. The molecule has 0 heterocycles. The van der Waals surface area contributed by atoms with Crippen molar-refractivity contribution in [3.05, 3.63) is 207 Å². The van der Waals surface area contributed by atoms with Crippen LogP contribution in [0.1, 0.15) is 97.2 Å². The average molecular weight is 1020 g/mol. The van der Waals surface area contributed by atoms with E-state index >= 15 is 0 Å². The van der Waals surface area contributed by atoms with Crippen LogP contribution in [0.4, 0.5) is 0 Å². The zero-order chi connectivity index (χ0) is 43.0. The third-order valence-electron chi connectivity index (χ3n) is 10.7. The van der Waals surface area contributed by atoms with Crippen LogP contribution in [0.3, 0.4) is 0 Å². The first-order valence-electron chi connectivity index (χ1n) is 20.4. The fourth-order valence-electron chi connectivity index (χ4n) is 7.71. The molecule has 0 N–H and O–H groups in total. The topological polar surface area (TPSA) is 0 Å². The van der Waals surface area contributed by atoms with E-state index in [2.05, 4.69) is 151 Å². The summed E-state index contributed by atoms with van der Waals surface area (Å²) in [6, 6.07) is 55.4. The molecule has 0 radical (unpaired) electrons. The Morgan fingerprint density at radius 1 is 0.532 bits per heavy atom. The van der Waals surface area contributed by atoms with E-state index < -0.39 is 0 Å². The van der Waals surface area contributed by atoms with Crippen molar-refractivity contribution in [3.8, 4) is 33.4 Å². The minimum atomic E-state index is 0. The first kappa shape index (κ1) is 51.8. The van der Waals surface area contributed by atoms with E-state index in [1.54, 1.807) is 0 Å². The Morgan fingerprint density at radius 2 is 0.968 bits per heavy atom. The molecule has 320 valence electrons. The second-order valence-electron chi connectivity index (χ2n) is 17.4. The Kier molecular flexibility index (Phi) is 19.5. The molecular weight excluding hydrogens is 965 g/mol. The summed E-state index contributed by atoms with van der Waals surface area (Å²) in [6.07, 6.45) is 0.944. The van der Waals surface area contributed by atoms with Gasteiger partial charge in [-0.1, -0.05) is 131 Å². The van der Waals surface area contributed by atoms with Gasteiger partial charge >= 0.3 is 167 Å². The molecule has 0 aliphatic heterocycles. The molecule has 1 aliphatic carbocycles. The predicted octanol–water partition coefficient (Wildman–Crippen LogP) is 10.2. The molecule has 0 aromatic heterocycles. The number of rotatable bonds is 8. The molecule has 0 saturated carbocycles. The maximum Gasteiger partial charge on any atom is -0.172 e. The van der Waals surface area contributed by atoms with Gasteiger partial charge in [0.15, 0.2) is 0 Å². The van der Waals surface area contributed by atoms with E-state index in [0.717, 1.165) is 28.7 Å². The minimum Gasteiger partial charge on any atom is -1.00 e. The fourth-order valence-corrected chi connectivity index (χ4v) is 9.04. The first-order chi connectivity index (χ1) is 28.7. The summed E-state index contributed by atoms with van der Waals surface area (Å²) < 4.78 is 1.25. The van der Waals surface area contributed by atoms with Gasteiger partial charge in [-0.15, -0.1) is 28.8 Å². The van der Waals surface area contributed by atoms with Gasteiger partial charge in [-0.2, -0.15) is 18.2 Å². The van der Waals surface area contributed by atoms with Crippen molar-refractivity contribution in [1.29, 1.82) is 0 Å². The van der Waals surface area contributed by atoms with Crippen LogP contribution < -0.4 is 24.8 Å². The minimum absolute atomic E-state index is 0. The second-order valence-corrected chi connectivity index (χ2v) is 19.7. The summed E-state index contributed by atoms with van der Waals surface area (Å²) >= 11 is 25.3. The van der Waals surface area contributed by atoms with Crippen molar-refractivity contribution in [2.75, 3.05) is 0 Å². The van der Waals surface area contributed by atoms with Crippen molar-refractivity contribution in [1.82, 2.24) is 0 Å². The van der Waals surface area contributed by atoms with Gasteiger partial charge in [0.05, 0.1) is 0 Å². The van der Waals surface area contributed by atoms with Gasteiger partial charge in [-0.3, -0.25) is 0 Å². The van der Waals surface area contributed by atoms with Gasteiger partial charge in [-0.05, 0) is 39.5 Å². The summed E-state index contributed by atoms with van der Waals surface area (Å²) in [4.78, 5) is 0. The van der Waals surface area contributed by atoms with Gasteiger partial charge < -0.3 is 24.8 Å². The zero-order valence-corrected chi connectivity index (χ0v) is 43.2. The number of halogens is 6. The predicted molar refractivity (Wildman–Crippen MR) is 258 cm³/mol. The molecule has 0 fully saturated rings. The summed E-state index contributed by atoms with van der Waals surface area (Å²) in [5, 5.41) is 0. The Morgan fingerprint density at radius 3 is 1.37 bits per heavy atom. The number of alkyl halides is 4. The zero-order valence-electron chi connectivity index (χ0n) is 36.2. The summed E-state index contributed by atoms with van der Waals surface area (Å²) in [5.41, 5.74) is 20.2. The molecule has 7 aromatic carbocycles. The molecule has 0 amide bonds. The van der Waals surface area contributed by atoms with Gasteiger partial charge in [-0.25, -0.2) is 12.1 Å². The van der Waals surface area contributed by atoms with Crippen LogP contribution >= 0.6 is 46.4 Å². The maximum atomic E-state index is 5.99. The molecule has 8 rings (SSSR count). The molecule has 7 aromatic rings. The van der Waals surface area contributed by atoms with E-state index in [1.165, 1.54) is 94.2 Å². The molecule has 0 bridgehead atoms. The molecule has 1 aliphatic rings. The van der Waals surface area contributed by atoms with E-state index in [4.69, 9.17) is 46.4 Å². The van der Waals surface area contributed by atoms with Gasteiger partial charge in [0.25, 0.3) is 0 Å². The SMILES string of the molecule is CC(C)(C)c1cc2c([c-]c1-c1ccccc1)Cc1cc(-c3ccccc3)c(C(C)(C)C)cc1-2.ClCc1cc(CCl)cc([C](=[Zr+2])c2cc(CCl)cc(CCl)c2)c1.[Cl-].[Cl-].c1cc[cH-]c1. The van der Waals surface area contributed by atoms with Crippen molar-refractivity contribution in [2.24, 2.45) is 0 Å². The van der Waals surface area contributed by atoms with Crippen molar-refractivity contribution in [3.63, 3.8) is 0 Å². The van der Waals surface area contributed by atoms with Gasteiger partial charge in [0, 0.05) is 0 Å². The third kappa shape index (κ3) is 12.9. The standard InChI is InChI=1S/C33H33.C17H14Cl4.C5H5.2ClH.Zr/c1-32(2,3)30-20-26-24(18-28(30)22-13-9-7-10-14-22)17-25-19-29(23-15-11-8-12-16-23)31(21-27(25)26)33(4,5)6;18-8-14-2-12(3-15(6-14)9-19)1-13-4-16(10-20)7-17(5-13)11-21;1-2-4-5-3-1;;;/h7-16,18,20-21H,17H2,1-6H3;2-7H,8-11H2;1-5H;2*1H;/q-1;;-1;;;+2/p-2. The van der Waals surface area contributed by atoms with Crippen molar-refractivity contribution in [2.45, 2.75) is 82.3 Å². The summed E-state index contributed by atoms with van der Waals surface area (Å²) in [6.45, 7) is 13.9. The molecule has 0 nitrogen and oxygen atoms in total. The smallest absolute Gasteiger partial charge is 0.172 e. The average Bonchev–Trinajstić information content (AvgIpc) is 3.97. The molecule has 0 spiro atoms. The largest absolute Gasteiger partial charge is 1.00 e. The van der Waals surface area contributed by atoms with Crippen LogP contribution in [0.15, 0.2) is 146 Å².